The number of nitrogens with one attached hydrogen (secondary N) is 2. The quantitative estimate of drug-likeness (QED) is 0.410. The van der Waals surface area contributed by atoms with E-state index in [0.29, 0.717) is 24.7 Å². The Hall–Kier alpha value is -3.42. The van der Waals surface area contributed by atoms with Gasteiger partial charge < -0.3 is 5.32 Å². The minimum atomic E-state index is -4.62. The highest BCUT2D eigenvalue weighted by Gasteiger charge is 2.31. The number of carbonyl (C=O) groups is 1. The number of amides is 1. The summed E-state index contributed by atoms with van der Waals surface area (Å²) < 4.78 is 92.4. The summed E-state index contributed by atoms with van der Waals surface area (Å²) >= 11 is 0. The van der Waals surface area contributed by atoms with Gasteiger partial charge in [-0.3, -0.25) is 9.52 Å². The second kappa shape index (κ2) is 10.8. The largest absolute Gasteiger partial charge is 0.416 e. The summed E-state index contributed by atoms with van der Waals surface area (Å²) in [6.07, 6.45) is -2.93. The molecule has 3 aromatic carbocycles. The first-order valence-electron chi connectivity index (χ1n) is 11.5. The van der Waals surface area contributed by atoms with Crippen LogP contribution in [0.3, 0.4) is 0 Å². The third-order valence-corrected chi connectivity index (χ3v) is 9.14. The SMILES string of the molecule is O=C(Nc1ccc(S(=O)(=O)Nc2cccc(C(F)(F)F)c2)cc1)c1ccc(CS(=O)(=O)N2CCCC2)cc1. The fourth-order valence-corrected chi connectivity index (χ4v) is 6.57. The molecule has 0 bridgehead atoms. The normalized spacial score (nSPS) is 14.8. The number of anilines is 2. The van der Waals surface area contributed by atoms with Crippen LogP contribution in [0.15, 0.2) is 77.7 Å². The Morgan fingerprint density at radius 3 is 2.08 bits per heavy atom. The fourth-order valence-electron chi connectivity index (χ4n) is 3.91. The second-order valence-electron chi connectivity index (χ2n) is 8.72. The third kappa shape index (κ3) is 6.71. The van der Waals surface area contributed by atoms with Crippen LogP contribution in [0.5, 0.6) is 0 Å². The number of nitrogens with zero attached hydrogens (tertiary/aromatic N) is 1. The van der Waals surface area contributed by atoms with Gasteiger partial charge in [0.1, 0.15) is 0 Å². The molecule has 1 heterocycles. The molecule has 1 amide bonds. The van der Waals surface area contributed by atoms with E-state index in [1.807, 2.05) is 0 Å². The summed E-state index contributed by atoms with van der Waals surface area (Å²) in [6.45, 7) is 1.04. The Kier molecular flexibility index (Phi) is 7.81. The highest BCUT2D eigenvalue weighted by atomic mass is 32.2. The maximum absolute atomic E-state index is 12.9. The molecule has 0 aliphatic carbocycles. The minimum absolute atomic E-state index is 0.153. The van der Waals surface area contributed by atoms with Crippen LogP contribution in [0.2, 0.25) is 0 Å². The summed E-state index contributed by atoms with van der Waals surface area (Å²) in [6, 6.07) is 15.1. The van der Waals surface area contributed by atoms with Crippen molar-refractivity contribution in [3.63, 3.8) is 0 Å². The van der Waals surface area contributed by atoms with Crippen molar-refractivity contribution in [2.75, 3.05) is 23.1 Å². The van der Waals surface area contributed by atoms with Crippen molar-refractivity contribution in [3.8, 4) is 0 Å². The number of rotatable bonds is 8. The molecule has 1 aliphatic heterocycles. The van der Waals surface area contributed by atoms with Gasteiger partial charge in [0.25, 0.3) is 15.9 Å². The summed E-state index contributed by atoms with van der Waals surface area (Å²) in [4.78, 5) is 12.4. The van der Waals surface area contributed by atoms with Crippen molar-refractivity contribution in [1.29, 1.82) is 0 Å². The predicted molar refractivity (Wildman–Crippen MR) is 137 cm³/mol. The smallest absolute Gasteiger partial charge is 0.322 e. The van der Waals surface area contributed by atoms with E-state index in [9.17, 15) is 34.8 Å². The molecule has 1 fully saturated rings. The lowest BCUT2D eigenvalue weighted by Crippen LogP contribution is -2.29. The molecule has 1 saturated heterocycles. The van der Waals surface area contributed by atoms with Gasteiger partial charge in [0, 0.05) is 30.0 Å². The molecule has 0 spiro atoms. The first-order valence-corrected chi connectivity index (χ1v) is 14.6. The van der Waals surface area contributed by atoms with Gasteiger partial charge in [-0.05, 0) is 73.0 Å². The summed E-state index contributed by atoms with van der Waals surface area (Å²) in [5, 5.41) is 2.62. The number of hydrogen-bond acceptors (Lipinski definition) is 5. The van der Waals surface area contributed by atoms with E-state index < -0.39 is 37.7 Å². The van der Waals surface area contributed by atoms with Crippen LogP contribution in [0.25, 0.3) is 0 Å². The monoisotopic (exact) mass is 567 g/mol. The van der Waals surface area contributed by atoms with E-state index in [1.165, 1.54) is 46.8 Å². The number of halogens is 3. The van der Waals surface area contributed by atoms with E-state index in [-0.39, 0.29) is 27.6 Å². The molecule has 3 aromatic rings. The van der Waals surface area contributed by atoms with Crippen molar-refractivity contribution in [1.82, 2.24) is 4.31 Å². The predicted octanol–water partition coefficient (Wildman–Crippen LogP) is 4.68. The molecule has 1 aliphatic rings. The summed E-state index contributed by atoms with van der Waals surface area (Å²) in [5.41, 5.74) is -0.119. The Balaban J connectivity index is 1.39. The van der Waals surface area contributed by atoms with Crippen LogP contribution < -0.4 is 10.0 Å². The number of alkyl halides is 3. The Labute approximate surface area is 218 Å². The van der Waals surface area contributed by atoms with Crippen molar-refractivity contribution in [3.05, 3.63) is 89.5 Å². The van der Waals surface area contributed by atoms with Gasteiger partial charge in [-0.15, -0.1) is 0 Å². The maximum atomic E-state index is 12.9. The Morgan fingerprint density at radius 2 is 1.47 bits per heavy atom. The minimum Gasteiger partial charge on any atom is -0.322 e. The van der Waals surface area contributed by atoms with Crippen molar-refractivity contribution in [2.45, 2.75) is 29.7 Å². The van der Waals surface area contributed by atoms with E-state index in [1.54, 1.807) is 12.1 Å². The molecule has 202 valence electrons. The van der Waals surface area contributed by atoms with Gasteiger partial charge in [0.05, 0.1) is 16.2 Å². The average molecular weight is 568 g/mol. The average Bonchev–Trinajstić information content (AvgIpc) is 3.40. The lowest BCUT2D eigenvalue weighted by molar-refractivity contribution is -0.137. The third-order valence-electron chi connectivity index (χ3n) is 5.89. The molecular formula is C25H24F3N3O5S2. The zero-order chi connectivity index (χ0) is 27.6. The Morgan fingerprint density at radius 1 is 0.842 bits per heavy atom. The zero-order valence-corrected chi connectivity index (χ0v) is 21.5. The van der Waals surface area contributed by atoms with Crippen molar-refractivity contribution < 1.29 is 34.8 Å². The molecule has 38 heavy (non-hydrogen) atoms. The maximum Gasteiger partial charge on any atom is 0.416 e. The van der Waals surface area contributed by atoms with Crippen molar-refractivity contribution in [2.24, 2.45) is 0 Å². The van der Waals surface area contributed by atoms with Crippen LogP contribution in [-0.4, -0.2) is 40.1 Å². The Bertz CT molecular complexity index is 1520. The van der Waals surface area contributed by atoms with Gasteiger partial charge in [-0.2, -0.15) is 13.2 Å². The molecule has 4 rings (SSSR count). The van der Waals surface area contributed by atoms with Crippen LogP contribution in [0, 0.1) is 0 Å². The van der Waals surface area contributed by atoms with E-state index in [2.05, 4.69) is 10.0 Å². The zero-order valence-electron chi connectivity index (χ0n) is 19.9. The standard InChI is InChI=1S/C25H24F3N3O5S2/c26-25(27,28)20-4-3-5-22(16-20)30-38(35,36)23-12-10-21(11-13-23)29-24(32)19-8-6-18(7-9-19)17-37(33,34)31-14-1-2-15-31/h3-13,16,30H,1-2,14-15,17H2,(H,29,32). The number of carbonyl (C=O) groups excluding carboxylic acids is 1. The van der Waals surface area contributed by atoms with Gasteiger partial charge in [0.15, 0.2) is 0 Å². The number of hydrogen-bond donors (Lipinski definition) is 2. The molecule has 0 atom stereocenters. The number of sulfonamides is 2. The molecule has 8 nitrogen and oxygen atoms in total. The second-order valence-corrected chi connectivity index (χ2v) is 12.4. The topological polar surface area (TPSA) is 113 Å². The molecule has 2 N–H and O–H groups in total. The summed E-state index contributed by atoms with van der Waals surface area (Å²) in [5.74, 6) is -0.643. The van der Waals surface area contributed by atoms with E-state index in [4.69, 9.17) is 0 Å². The van der Waals surface area contributed by atoms with Crippen LogP contribution in [0.1, 0.15) is 34.3 Å². The lowest BCUT2D eigenvalue weighted by Gasteiger charge is -2.15. The van der Waals surface area contributed by atoms with Gasteiger partial charge in [0.2, 0.25) is 10.0 Å². The first kappa shape index (κ1) is 27.6. The van der Waals surface area contributed by atoms with Gasteiger partial charge in [-0.25, -0.2) is 21.1 Å². The highest BCUT2D eigenvalue weighted by molar-refractivity contribution is 7.92. The van der Waals surface area contributed by atoms with Crippen LogP contribution >= 0.6 is 0 Å². The lowest BCUT2D eigenvalue weighted by atomic mass is 10.1. The molecular weight excluding hydrogens is 543 g/mol. The van der Waals surface area contributed by atoms with Gasteiger partial charge in [-0.1, -0.05) is 18.2 Å². The first-order chi connectivity index (χ1) is 17.8. The number of benzene rings is 3. The molecule has 0 aromatic heterocycles. The highest BCUT2D eigenvalue weighted by Crippen LogP contribution is 2.31. The molecule has 13 heteroatoms. The van der Waals surface area contributed by atoms with E-state index >= 15 is 0 Å². The van der Waals surface area contributed by atoms with Crippen LogP contribution in [-0.2, 0) is 32.0 Å². The molecule has 0 radical (unpaired) electrons. The van der Waals surface area contributed by atoms with Gasteiger partial charge >= 0.3 is 6.18 Å². The fraction of sp³-hybridized carbons (Fsp3) is 0.240. The van der Waals surface area contributed by atoms with Crippen molar-refractivity contribution >= 4 is 37.3 Å². The molecule has 0 saturated carbocycles. The van der Waals surface area contributed by atoms with E-state index in [0.717, 1.165) is 25.0 Å². The molecule has 0 unspecified atom stereocenters. The summed E-state index contributed by atoms with van der Waals surface area (Å²) in [7, 11) is -7.59. The van der Waals surface area contributed by atoms with Crippen LogP contribution in [0.4, 0.5) is 24.5 Å².